The van der Waals surface area contributed by atoms with Crippen LogP contribution in [0.5, 0.6) is 0 Å². The summed E-state index contributed by atoms with van der Waals surface area (Å²) in [5.74, 6) is 0. The van der Waals surface area contributed by atoms with E-state index >= 15 is 0 Å². The maximum absolute atomic E-state index is 8.57. The lowest BCUT2D eigenvalue weighted by atomic mass is 10.0. The highest BCUT2D eigenvalue weighted by Crippen LogP contribution is 2.12. The lowest BCUT2D eigenvalue weighted by Gasteiger charge is -2.18. The van der Waals surface area contributed by atoms with E-state index in [9.17, 15) is 0 Å². The molecular weight excluding hydrogens is 336 g/mol. The van der Waals surface area contributed by atoms with E-state index in [1.165, 1.54) is 89.9 Å². The Hall–Kier alpha value is -0.160. The minimum Gasteiger partial charge on any atom is -0.395 e. The molecule has 0 saturated heterocycles. The molecule has 0 unspecified atom stereocenters. The molecule has 0 aromatic heterocycles. The summed E-state index contributed by atoms with van der Waals surface area (Å²) in [6.45, 7) is 7.91. The summed E-state index contributed by atoms with van der Waals surface area (Å²) in [6.07, 6.45) is 20.9. The highest BCUT2D eigenvalue weighted by atomic mass is 16.3. The summed E-state index contributed by atoms with van der Waals surface area (Å²) in [7, 11) is 0. The van der Waals surface area contributed by atoms with E-state index in [1.807, 2.05) is 4.90 Å². The van der Waals surface area contributed by atoms with Crippen LogP contribution in [0.4, 0.5) is 0 Å². The summed E-state index contributed by atoms with van der Waals surface area (Å²) in [5, 5.41) is 17.1. The summed E-state index contributed by atoms with van der Waals surface area (Å²) in [5.41, 5.74) is 5.47. The molecule has 0 fully saturated rings. The SMILES string of the molecule is CCCCCCCCCCCCCCCCN.CCCN(CCO)CCO. The van der Waals surface area contributed by atoms with E-state index in [0.29, 0.717) is 13.1 Å². The molecular formula is C23H52N2O2. The number of unbranched alkanes of at least 4 members (excludes halogenated alkanes) is 13. The Bertz CT molecular complexity index is 212. The number of rotatable bonds is 20. The van der Waals surface area contributed by atoms with Gasteiger partial charge in [-0.05, 0) is 25.9 Å². The van der Waals surface area contributed by atoms with Gasteiger partial charge in [0.25, 0.3) is 0 Å². The highest BCUT2D eigenvalue weighted by Gasteiger charge is 1.99. The second-order valence-electron chi connectivity index (χ2n) is 7.67. The quantitative estimate of drug-likeness (QED) is 0.253. The van der Waals surface area contributed by atoms with Crippen LogP contribution in [-0.4, -0.2) is 54.5 Å². The third-order valence-electron chi connectivity index (χ3n) is 4.93. The van der Waals surface area contributed by atoms with Crippen LogP contribution in [0.3, 0.4) is 0 Å². The maximum Gasteiger partial charge on any atom is 0.0558 e. The zero-order valence-electron chi connectivity index (χ0n) is 18.8. The molecule has 0 aromatic rings. The van der Waals surface area contributed by atoms with Crippen LogP contribution >= 0.6 is 0 Å². The number of nitrogens with zero attached hydrogens (tertiary/aromatic N) is 1. The van der Waals surface area contributed by atoms with Gasteiger partial charge in [0.1, 0.15) is 0 Å². The van der Waals surface area contributed by atoms with Crippen LogP contribution in [0.25, 0.3) is 0 Å². The minimum atomic E-state index is 0.181. The molecule has 0 radical (unpaired) electrons. The molecule has 4 nitrogen and oxygen atoms in total. The largest absolute Gasteiger partial charge is 0.395 e. The predicted molar refractivity (Wildman–Crippen MR) is 120 cm³/mol. The summed E-state index contributed by atoms with van der Waals surface area (Å²) >= 11 is 0. The van der Waals surface area contributed by atoms with Gasteiger partial charge in [-0.15, -0.1) is 0 Å². The molecule has 27 heavy (non-hydrogen) atoms. The first-order chi connectivity index (χ1) is 13.3. The van der Waals surface area contributed by atoms with Crippen LogP contribution in [0.1, 0.15) is 110 Å². The van der Waals surface area contributed by atoms with E-state index in [0.717, 1.165) is 19.5 Å². The van der Waals surface area contributed by atoms with Gasteiger partial charge in [-0.2, -0.15) is 0 Å². The number of aliphatic hydroxyl groups excluding tert-OH is 2. The van der Waals surface area contributed by atoms with Crippen molar-refractivity contribution in [2.24, 2.45) is 5.73 Å². The Labute approximate surface area is 170 Å². The van der Waals surface area contributed by atoms with E-state index in [-0.39, 0.29) is 13.2 Å². The summed E-state index contributed by atoms with van der Waals surface area (Å²) in [4.78, 5) is 2.04. The third-order valence-corrected chi connectivity index (χ3v) is 4.93. The van der Waals surface area contributed by atoms with Crippen LogP contribution < -0.4 is 5.73 Å². The first kappa shape index (κ1) is 29.0. The van der Waals surface area contributed by atoms with Crippen molar-refractivity contribution in [3.05, 3.63) is 0 Å². The molecule has 0 amide bonds. The van der Waals surface area contributed by atoms with Crippen LogP contribution in [0.2, 0.25) is 0 Å². The Morgan fingerprint density at radius 2 is 0.889 bits per heavy atom. The number of aliphatic hydroxyl groups is 2. The molecule has 0 atom stereocenters. The van der Waals surface area contributed by atoms with Crippen molar-refractivity contribution >= 4 is 0 Å². The molecule has 0 aromatic carbocycles. The highest BCUT2D eigenvalue weighted by molar-refractivity contribution is 4.54. The molecule has 0 spiro atoms. The zero-order chi connectivity index (χ0) is 20.4. The smallest absolute Gasteiger partial charge is 0.0558 e. The third kappa shape index (κ3) is 28.2. The second kappa shape index (κ2) is 28.1. The lowest BCUT2D eigenvalue weighted by molar-refractivity contribution is 0.161. The van der Waals surface area contributed by atoms with Crippen LogP contribution in [-0.2, 0) is 0 Å². The van der Waals surface area contributed by atoms with Crippen molar-refractivity contribution < 1.29 is 10.2 Å². The van der Waals surface area contributed by atoms with Gasteiger partial charge < -0.3 is 15.9 Å². The van der Waals surface area contributed by atoms with Crippen molar-refractivity contribution in [1.29, 1.82) is 0 Å². The summed E-state index contributed by atoms with van der Waals surface area (Å²) < 4.78 is 0. The van der Waals surface area contributed by atoms with E-state index in [4.69, 9.17) is 15.9 Å². The van der Waals surface area contributed by atoms with Crippen molar-refractivity contribution in [2.45, 2.75) is 110 Å². The summed E-state index contributed by atoms with van der Waals surface area (Å²) in [6, 6.07) is 0. The average Bonchev–Trinajstić information content (AvgIpc) is 2.67. The normalized spacial score (nSPS) is 10.9. The van der Waals surface area contributed by atoms with Gasteiger partial charge in [-0.25, -0.2) is 0 Å². The van der Waals surface area contributed by atoms with Gasteiger partial charge in [-0.3, -0.25) is 4.90 Å². The molecule has 4 N–H and O–H groups in total. The van der Waals surface area contributed by atoms with Crippen molar-refractivity contribution in [1.82, 2.24) is 4.90 Å². The fourth-order valence-electron chi connectivity index (χ4n) is 3.27. The number of nitrogens with two attached hydrogens (primary N) is 1. The van der Waals surface area contributed by atoms with Gasteiger partial charge >= 0.3 is 0 Å². The first-order valence-electron chi connectivity index (χ1n) is 11.9. The Morgan fingerprint density at radius 3 is 1.19 bits per heavy atom. The first-order valence-corrected chi connectivity index (χ1v) is 11.9. The predicted octanol–water partition coefficient (Wildman–Crippen LogP) is 5.11. The number of hydrogen-bond acceptors (Lipinski definition) is 4. The standard InChI is InChI=1S/C16H35N.C7H17NO2/c1-2-3-4-5-6-7-8-9-10-11-12-13-14-15-16-17;1-2-3-8(4-6-9)5-7-10/h2-17H2,1H3;9-10H,2-7H2,1H3. The van der Waals surface area contributed by atoms with E-state index in [2.05, 4.69) is 13.8 Å². The maximum atomic E-state index is 8.57. The fourth-order valence-corrected chi connectivity index (χ4v) is 3.27. The van der Waals surface area contributed by atoms with Crippen molar-refractivity contribution in [3.8, 4) is 0 Å². The lowest BCUT2D eigenvalue weighted by Crippen LogP contribution is -2.30. The molecule has 0 aliphatic rings. The van der Waals surface area contributed by atoms with E-state index in [1.54, 1.807) is 0 Å². The van der Waals surface area contributed by atoms with Crippen LogP contribution in [0, 0.1) is 0 Å². The van der Waals surface area contributed by atoms with E-state index < -0.39 is 0 Å². The zero-order valence-corrected chi connectivity index (χ0v) is 18.8. The van der Waals surface area contributed by atoms with Crippen molar-refractivity contribution in [3.63, 3.8) is 0 Å². The van der Waals surface area contributed by atoms with Gasteiger partial charge in [0.05, 0.1) is 13.2 Å². The van der Waals surface area contributed by atoms with Gasteiger partial charge in [0, 0.05) is 13.1 Å². The van der Waals surface area contributed by atoms with Gasteiger partial charge in [0.15, 0.2) is 0 Å². The molecule has 0 aliphatic carbocycles. The molecule has 0 rings (SSSR count). The van der Waals surface area contributed by atoms with Crippen LogP contribution in [0.15, 0.2) is 0 Å². The molecule has 166 valence electrons. The monoisotopic (exact) mass is 388 g/mol. The number of hydrogen-bond donors (Lipinski definition) is 3. The molecule has 0 heterocycles. The Balaban J connectivity index is 0. The van der Waals surface area contributed by atoms with Crippen molar-refractivity contribution in [2.75, 3.05) is 39.4 Å². The Kier molecular flexibility index (Phi) is 30.2. The molecule has 0 bridgehead atoms. The van der Waals surface area contributed by atoms with Gasteiger partial charge in [0.2, 0.25) is 0 Å². The molecule has 0 saturated carbocycles. The molecule has 4 heteroatoms. The van der Waals surface area contributed by atoms with Gasteiger partial charge in [-0.1, -0.05) is 97.3 Å². The topological polar surface area (TPSA) is 69.7 Å². The Morgan fingerprint density at radius 1 is 0.519 bits per heavy atom. The second-order valence-corrected chi connectivity index (χ2v) is 7.67. The fraction of sp³-hybridized carbons (Fsp3) is 1.00. The average molecular weight is 389 g/mol. The minimum absolute atomic E-state index is 0.181. The molecule has 0 aliphatic heterocycles.